The van der Waals surface area contributed by atoms with Gasteiger partial charge in [-0.2, -0.15) is 0 Å². The first-order valence-corrected chi connectivity index (χ1v) is 5.89. The molecule has 2 N–H and O–H groups in total. The standard InChI is InChI=1S/C12H15FN2S/c13-10-4-3-9(11(14)8-16)7-12(10)15-5-1-2-6-15/h3-4,7-8,16H,1-2,5-6,14H2/b11-8-. The van der Waals surface area contributed by atoms with E-state index in [1.54, 1.807) is 12.1 Å². The van der Waals surface area contributed by atoms with Gasteiger partial charge >= 0.3 is 0 Å². The van der Waals surface area contributed by atoms with Crippen molar-refractivity contribution < 1.29 is 4.39 Å². The first-order valence-electron chi connectivity index (χ1n) is 5.37. The van der Waals surface area contributed by atoms with E-state index < -0.39 is 0 Å². The normalized spacial score (nSPS) is 16.9. The van der Waals surface area contributed by atoms with Crippen molar-refractivity contribution >= 4 is 24.0 Å². The number of benzene rings is 1. The summed E-state index contributed by atoms with van der Waals surface area (Å²) in [6.07, 6.45) is 2.25. The fourth-order valence-corrected chi connectivity index (χ4v) is 2.12. The van der Waals surface area contributed by atoms with E-state index >= 15 is 0 Å². The topological polar surface area (TPSA) is 29.3 Å². The van der Waals surface area contributed by atoms with Crippen LogP contribution in [0.15, 0.2) is 23.6 Å². The van der Waals surface area contributed by atoms with Crippen LogP contribution in [0.3, 0.4) is 0 Å². The molecular weight excluding hydrogens is 223 g/mol. The zero-order chi connectivity index (χ0) is 11.5. The van der Waals surface area contributed by atoms with Gasteiger partial charge in [0.25, 0.3) is 0 Å². The number of rotatable bonds is 2. The van der Waals surface area contributed by atoms with E-state index in [2.05, 4.69) is 17.5 Å². The second kappa shape index (κ2) is 4.78. The van der Waals surface area contributed by atoms with Crippen molar-refractivity contribution in [2.45, 2.75) is 12.8 Å². The molecule has 0 bridgehead atoms. The minimum Gasteiger partial charge on any atom is -0.398 e. The molecule has 0 atom stereocenters. The minimum atomic E-state index is -0.183. The van der Waals surface area contributed by atoms with Crippen LogP contribution in [0, 0.1) is 5.82 Å². The van der Waals surface area contributed by atoms with Crippen molar-refractivity contribution in [3.8, 4) is 0 Å². The molecule has 0 radical (unpaired) electrons. The monoisotopic (exact) mass is 238 g/mol. The fraction of sp³-hybridized carbons (Fsp3) is 0.333. The zero-order valence-corrected chi connectivity index (χ0v) is 9.88. The third-order valence-electron chi connectivity index (χ3n) is 2.87. The lowest BCUT2D eigenvalue weighted by molar-refractivity contribution is 0.623. The maximum absolute atomic E-state index is 13.7. The molecule has 1 fully saturated rings. The van der Waals surface area contributed by atoms with E-state index in [0.29, 0.717) is 11.4 Å². The molecule has 1 heterocycles. The van der Waals surface area contributed by atoms with E-state index in [1.165, 1.54) is 11.5 Å². The Morgan fingerprint density at radius 3 is 2.69 bits per heavy atom. The molecular formula is C12H15FN2S. The Balaban J connectivity index is 2.36. The van der Waals surface area contributed by atoms with Gasteiger partial charge in [0.1, 0.15) is 5.82 Å². The van der Waals surface area contributed by atoms with Gasteiger partial charge in [-0.05, 0) is 36.4 Å². The average Bonchev–Trinajstić information content (AvgIpc) is 2.82. The number of nitrogens with two attached hydrogens (primary N) is 1. The Morgan fingerprint density at radius 2 is 2.06 bits per heavy atom. The van der Waals surface area contributed by atoms with Crippen molar-refractivity contribution in [2.75, 3.05) is 18.0 Å². The summed E-state index contributed by atoms with van der Waals surface area (Å²) in [7, 11) is 0. The number of halogens is 1. The summed E-state index contributed by atoms with van der Waals surface area (Å²) >= 11 is 4.00. The van der Waals surface area contributed by atoms with Gasteiger partial charge in [0.05, 0.1) is 5.69 Å². The van der Waals surface area contributed by atoms with Crippen molar-refractivity contribution in [1.29, 1.82) is 0 Å². The summed E-state index contributed by atoms with van der Waals surface area (Å²) in [6, 6.07) is 4.94. The molecule has 2 rings (SSSR count). The summed E-state index contributed by atoms with van der Waals surface area (Å²) in [5, 5.41) is 1.53. The maximum Gasteiger partial charge on any atom is 0.146 e. The van der Waals surface area contributed by atoms with Crippen molar-refractivity contribution in [3.05, 3.63) is 35.0 Å². The molecule has 0 aliphatic carbocycles. The molecule has 16 heavy (non-hydrogen) atoms. The summed E-state index contributed by atoms with van der Waals surface area (Å²) in [5.41, 5.74) is 7.78. The summed E-state index contributed by atoms with van der Waals surface area (Å²) < 4.78 is 13.7. The van der Waals surface area contributed by atoms with Crippen LogP contribution in [0.1, 0.15) is 18.4 Å². The predicted octanol–water partition coefficient (Wildman–Crippen LogP) is 2.61. The first-order chi connectivity index (χ1) is 7.72. The number of thiol groups is 1. The SMILES string of the molecule is N/C(=C\S)c1ccc(F)c(N2CCCC2)c1. The number of hydrogen-bond donors (Lipinski definition) is 2. The Hall–Kier alpha value is -1.16. The van der Waals surface area contributed by atoms with Crippen LogP contribution in [0.5, 0.6) is 0 Å². The van der Waals surface area contributed by atoms with Gasteiger partial charge < -0.3 is 10.6 Å². The fourth-order valence-electron chi connectivity index (χ4n) is 1.97. The van der Waals surface area contributed by atoms with Crippen molar-refractivity contribution in [3.63, 3.8) is 0 Å². The van der Waals surface area contributed by atoms with Crippen LogP contribution in [0.4, 0.5) is 10.1 Å². The van der Waals surface area contributed by atoms with E-state index in [0.717, 1.165) is 31.5 Å². The van der Waals surface area contributed by atoms with Crippen LogP contribution < -0.4 is 10.6 Å². The Labute approximate surface area is 100 Å². The second-order valence-corrected chi connectivity index (χ2v) is 4.20. The molecule has 0 aromatic heterocycles. The highest BCUT2D eigenvalue weighted by Crippen LogP contribution is 2.26. The van der Waals surface area contributed by atoms with Gasteiger partial charge in [0.2, 0.25) is 0 Å². The molecule has 2 nitrogen and oxygen atoms in total. The second-order valence-electron chi connectivity index (χ2n) is 3.94. The molecule has 1 aliphatic rings. The molecule has 0 unspecified atom stereocenters. The lowest BCUT2D eigenvalue weighted by Gasteiger charge is -2.19. The molecule has 1 saturated heterocycles. The third kappa shape index (κ3) is 2.16. The summed E-state index contributed by atoms with van der Waals surface area (Å²) in [6.45, 7) is 1.84. The van der Waals surface area contributed by atoms with Gasteiger partial charge in [-0.15, -0.1) is 12.6 Å². The lowest BCUT2D eigenvalue weighted by Crippen LogP contribution is -2.19. The Morgan fingerprint density at radius 1 is 1.38 bits per heavy atom. The number of anilines is 1. The quantitative estimate of drug-likeness (QED) is 0.776. The zero-order valence-electron chi connectivity index (χ0n) is 8.99. The molecule has 1 aliphatic heterocycles. The van der Waals surface area contributed by atoms with Crippen LogP contribution in [0.2, 0.25) is 0 Å². The molecule has 0 amide bonds. The predicted molar refractivity (Wildman–Crippen MR) is 69.0 cm³/mol. The molecule has 0 spiro atoms. The van der Waals surface area contributed by atoms with Crippen molar-refractivity contribution in [1.82, 2.24) is 0 Å². The van der Waals surface area contributed by atoms with E-state index in [9.17, 15) is 4.39 Å². The Bertz CT molecular complexity index is 411. The molecule has 0 saturated carbocycles. The van der Waals surface area contributed by atoms with Crippen LogP contribution in [0.25, 0.3) is 5.70 Å². The maximum atomic E-state index is 13.7. The molecule has 4 heteroatoms. The minimum absolute atomic E-state index is 0.183. The average molecular weight is 238 g/mol. The van der Waals surface area contributed by atoms with Gasteiger partial charge in [-0.1, -0.05) is 0 Å². The van der Waals surface area contributed by atoms with Crippen LogP contribution in [-0.4, -0.2) is 13.1 Å². The molecule has 1 aromatic rings. The highest BCUT2D eigenvalue weighted by atomic mass is 32.1. The van der Waals surface area contributed by atoms with E-state index in [1.807, 2.05) is 0 Å². The summed E-state index contributed by atoms with van der Waals surface area (Å²) in [4.78, 5) is 2.06. The number of nitrogens with zero attached hydrogens (tertiary/aromatic N) is 1. The smallest absolute Gasteiger partial charge is 0.146 e. The van der Waals surface area contributed by atoms with Gasteiger partial charge in [0, 0.05) is 24.4 Å². The highest BCUT2D eigenvalue weighted by Gasteiger charge is 2.16. The lowest BCUT2D eigenvalue weighted by atomic mass is 10.1. The van der Waals surface area contributed by atoms with E-state index in [-0.39, 0.29) is 5.82 Å². The van der Waals surface area contributed by atoms with Crippen LogP contribution >= 0.6 is 12.6 Å². The van der Waals surface area contributed by atoms with Gasteiger partial charge in [-0.25, -0.2) is 4.39 Å². The van der Waals surface area contributed by atoms with Crippen molar-refractivity contribution in [2.24, 2.45) is 5.73 Å². The molecule has 86 valence electrons. The molecule has 1 aromatic carbocycles. The third-order valence-corrected chi connectivity index (χ3v) is 3.14. The number of hydrogen-bond acceptors (Lipinski definition) is 3. The summed E-state index contributed by atoms with van der Waals surface area (Å²) in [5.74, 6) is -0.183. The van der Waals surface area contributed by atoms with Crippen LogP contribution in [-0.2, 0) is 0 Å². The van der Waals surface area contributed by atoms with Gasteiger partial charge in [-0.3, -0.25) is 0 Å². The largest absolute Gasteiger partial charge is 0.398 e. The first kappa shape index (κ1) is 11.3. The Kier molecular flexibility index (Phi) is 3.39. The van der Waals surface area contributed by atoms with Gasteiger partial charge in [0.15, 0.2) is 0 Å². The van der Waals surface area contributed by atoms with E-state index in [4.69, 9.17) is 5.73 Å². The highest BCUT2D eigenvalue weighted by molar-refractivity contribution is 7.83.